The summed E-state index contributed by atoms with van der Waals surface area (Å²) in [4.78, 5) is 17.1. The predicted octanol–water partition coefficient (Wildman–Crippen LogP) is 3.41. The van der Waals surface area contributed by atoms with Gasteiger partial charge in [-0.15, -0.1) is 0 Å². The molecular formula is C24H27N3O3. The number of hydrogen-bond donors (Lipinski definition) is 1. The molecule has 0 unspecified atom stereocenters. The van der Waals surface area contributed by atoms with E-state index < -0.39 is 0 Å². The molecule has 1 N–H and O–H groups in total. The number of piperazine rings is 1. The molecule has 6 heteroatoms. The van der Waals surface area contributed by atoms with E-state index in [1.54, 1.807) is 12.1 Å². The fourth-order valence-corrected chi connectivity index (χ4v) is 3.53. The van der Waals surface area contributed by atoms with Gasteiger partial charge in [0.25, 0.3) is 5.91 Å². The third-order valence-electron chi connectivity index (χ3n) is 5.22. The number of anilines is 1. The molecule has 0 radical (unpaired) electrons. The van der Waals surface area contributed by atoms with Gasteiger partial charge < -0.3 is 19.4 Å². The maximum absolute atomic E-state index is 12.3. The van der Waals surface area contributed by atoms with Crippen LogP contribution in [-0.2, 0) is 6.61 Å². The largest absolute Gasteiger partial charge is 0.486 e. The van der Waals surface area contributed by atoms with Crippen LogP contribution in [0.25, 0.3) is 0 Å². The number of nitrogens with zero attached hydrogens (tertiary/aromatic N) is 2. The first-order valence-corrected chi connectivity index (χ1v) is 10.3. The molecule has 1 saturated heterocycles. The van der Waals surface area contributed by atoms with Crippen molar-refractivity contribution in [3.05, 3.63) is 84.3 Å². The molecule has 1 amide bonds. The van der Waals surface area contributed by atoms with Crippen LogP contribution in [0.5, 0.6) is 5.75 Å². The lowest BCUT2D eigenvalue weighted by molar-refractivity contribution is 0.0916. The van der Waals surface area contributed by atoms with E-state index in [1.807, 2.05) is 36.4 Å². The Labute approximate surface area is 177 Å². The van der Waals surface area contributed by atoms with Crippen molar-refractivity contribution in [2.75, 3.05) is 44.2 Å². The molecule has 0 saturated carbocycles. The Morgan fingerprint density at radius 1 is 0.900 bits per heavy atom. The van der Waals surface area contributed by atoms with Crippen molar-refractivity contribution in [3.63, 3.8) is 0 Å². The van der Waals surface area contributed by atoms with Gasteiger partial charge in [-0.3, -0.25) is 9.69 Å². The zero-order valence-electron chi connectivity index (χ0n) is 17.0. The summed E-state index contributed by atoms with van der Waals surface area (Å²) in [6.45, 7) is 5.71. The van der Waals surface area contributed by atoms with Gasteiger partial charge in [0, 0.05) is 45.0 Å². The molecule has 2 aromatic carbocycles. The average molecular weight is 405 g/mol. The molecule has 1 aliphatic rings. The minimum absolute atomic E-state index is 0.191. The van der Waals surface area contributed by atoms with Crippen LogP contribution in [0.3, 0.4) is 0 Å². The Balaban J connectivity index is 1.16. The van der Waals surface area contributed by atoms with Gasteiger partial charge in [0.05, 0.1) is 0 Å². The highest BCUT2D eigenvalue weighted by molar-refractivity contribution is 5.91. The molecule has 2 heterocycles. The number of amides is 1. The highest BCUT2D eigenvalue weighted by Gasteiger charge is 2.17. The average Bonchev–Trinajstić information content (AvgIpc) is 3.29. The fourth-order valence-electron chi connectivity index (χ4n) is 3.53. The maximum Gasteiger partial charge on any atom is 0.287 e. The highest BCUT2D eigenvalue weighted by atomic mass is 16.5. The van der Waals surface area contributed by atoms with Gasteiger partial charge >= 0.3 is 0 Å². The lowest BCUT2D eigenvalue weighted by atomic mass is 10.2. The second kappa shape index (κ2) is 9.98. The Bertz CT molecular complexity index is 919. The summed E-state index contributed by atoms with van der Waals surface area (Å²) in [6.07, 6.45) is 0. The minimum Gasteiger partial charge on any atom is -0.486 e. The number of furan rings is 1. The Kier molecular flexibility index (Phi) is 6.67. The number of carbonyl (C=O) groups excluding carboxylic acids is 1. The summed E-state index contributed by atoms with van der Waals surface area (Å²) in [5.74, 6) is 1.52. The maximum atomic E-state index is 12.3. The summed E-state index contributed by atoms with van der Waals surface area (Å²) in [5, 5.41) is 2.95. The third-order valence-corrected chi connectivity index (χ3v) is 5.22. The number of para-hydroxylation sites is 2. The molecule has 156 valence electrons. The summed E-state index contributed by atoms with van der Waals surface area (Å²) in [5.41, 5.74) is 1.27. The monoisotopic (exact) mass is 405 g/mol. The van der Waals surface area contributed by atoms with Crippen LogP contribution in [0.2, 0.25) is 0 Å². The third kappa shape index (κ3) is 5.42. The van der Waals surface area contributed by atoms with Gasteiger partial charge in [0.15, 0.2) is 5.76 Å². The second-order valence-corrected chi connectivity index (χ2v) is 7.29. The lowest BCUT2D eigenvalue weighted by Gasteiger charge is -2.36. The molecule has 0 aliphatic carbocycles. The fraction of sp³-hybridized carbons (Fsp3) is 0.292. The van der Waals surface area contributed by atoms with Crippen LogP contribution < -0.4 is 15.0 Å². The Hall–Kier alpha value is -3.25. The molecule has 3 aromatic rings. The van der Waals surface area contributed by atoms with Crippen molar-refractivity contribution in [1.29, 1.82) is 0 Å². The normalized spacial score (nSPS) is 14.5. The summed E-state index contributed by atoms with van der Waals surface area (Å²) in [6, 6.07) is 23.5. The first-order chi connectivity index (χ1) is 14.8. The summed E-state index contributed by atoms with van der Waals surface area (Å²) < 4.78 is 11.3. The SMILES string of the molecule is O=C(NCCN1CCN(c2ccccc2)CC1)c1ccc(COc2ccccc2)o1. The lowest BCUT2D eigenvalue weighted by Crippen LogP contribution is -2.48. The van der Waals surface area contributed by atoms with Gasteiger partial charge in [-0.05, 0) is 36.4 Å². The standard InChI is InChI=1S/C24H27N3O3/c28-24(23-12-11-22(30-23)19-29-21-9-5-2-6-10-21)25-13-14-26-15-17-27(18-16-26)20-7-3-1-4-8-20/h1-12H,13-19H2,(H,25,28). The van der Waals surface area contributed by atoms with Crippen molar-refractivity contribution >= 4 is 11.6 Å². The smallest absolute Gasteiger partial charge is 0.287 e. The first-order valence-electron chi connectivity index (χ1n) is 10.3. The quantitative estimate of drug-likeness (QED) is 0.622. The topological polar surface area (TPSA) is 58.0 Å². The molecule has 1 aromatic heterocycles. The number of carbonyl (C=O) groups is 1. The van der Waals surface area contributed by atoms with E-state index in [9.17, 15) is 4.79 Å². The molecular weight excluding hydrogens is 378 g/mol. The molecule has 1 fully saturated rings. The number of ether oxygens (including phenoxy) is 1. The van der Waals surface area contributed by atoms with Crippen LogP contribution in [0.1, 0.15) is 16.3 Å². The van der Waals surface area contributed by atoms with E-state index in [0.29, 0.717) is 24.7 Å². The van der Waals surface area contributed by atoms with Gasteiger partial charge in [-0.1, -0.05) is 36.4 Å². The molecule has 6 nitrogen and oxygen atoms in total. The van der Waals surface area contributed by atoms with Gasteiger partial charge in [0.1, 0.15) is 18.1 Å². The Morgan fingerprint density at radius 2 is 1.60 bits per heavy atom. The minimum atomic E-state index is -0.191. The van der Waals surface area contributed by atoms with Crippen LogP contribution in [0, 0.1) is 0 Å². The first kappa shape index (κ1) is 20.0. The van der Waals surface area contributed by atoms with E-state index in [0.717, 1.165) is 38.5 Å². The molecule has 0 bridgehead atoms. The van der Waals surface area contributed by atoms with Crippen molar-refractivity contribution in [1.82, 2.24) is 10.2 Å². The highest BCUT2D eigenvalue weighted by Crippen LogP contribution is 2.16. The van der Waals surface area contributed by atoms with Crippen LogP contribution in [0.4, 0.5) is 5.69 Å². The predicted molar refractivity (Wildman–Crippen MR) is 117 cm³/mol. The van der Waals surface area contributed by atoms with E-state index in [-0.39, 0.29) is 5.91 Å². The summed E-state index contributed by atoms with van der Waals surface area (Å²) in [7, 11) is 0. The zero-order chi connectivity index (χ0) is 20.6. The van der Waals surface area contributed by atoms with E-state index in [1.165, 1.54) is 5.69 Å². The van der Waals surface area contributed by atoms with Crippen LogP contribution in [0.15, 0.2) is 77.2 Å². The van der Waals surface area contributed by atoms with E-state index >= 15 is 0 Å². The second-order valence-electron chi connectivity index (χ2n) is 7.29. The molecule has 30 heavy (non-hydrogen) atoms. The molecule has 0 atom stereocenters. The Morgan fingerprint density at radius 3 is 2.33 bits per heavy atom. The van der Waals surface area contributed by atoms with Gasteiger partial charge in [-0.2, -0.15) is 0 Å². The molecule has 1 aliphatic heterocycles. The number of benzene rings is 2. The van der Waals surface area contributed by atoms with Crippen LogP contribution in [-0.4, -0.2) is 50.1 Å². The van der Waals surface area contributed by atoms with Gasteiger partial charge in [-0.25, -0.2) is 0 Å². The zero-order valence-corrected chi connectivity index (χ0v) is 17.0. The van der Waals surface area contributed by atoms with Crippen LogP contribution >= 0.6 is 0 Å². The molecule has 0 spiro atoms. The van der Waals surface area contributed by atoms with Crippen molar-refractivity contribution in [3.8, 4) is 5.75 Å². The number of rotatable bonds is 8. The van der Waals surface area contributed by atoms with Gasteiger partial charge in [0.2, 0.25) is 0 Å². The summed E-state index contributed by atoms with van der Waals surface area (Å²) >= 11 is 0. The van der Waals surface area contributed by atoms with E-state index in [2.05, 4.69) is 39.4 Å². The molecule has 4 rings (SSSR count). The number of hydrogen-bond acceptors (Lipinski definition) is 5. The number of nitrogens with one attached hydrogen (secondary N) is 1. The van der Waals surface area contributed by atoms with E-state index in [4.69, 9.17) is 9.15 Å². The van der Waals surface area contributed by atoms with Crippen molar-refractivity contribution in [2.24, 2.45) is 0 Å². The van der Waals surface area contributed by atoms with Crippen molar-refractivity contribution < 1.29 is 13.9 Å². The van der Waals surface area contributed by atoms with Crippen molar-refractivity contribution in [2.45, 2.75) is 6.61 Å².